The summed E-state index contributed by atoms with van der Waals surface area (Å²) < 4.78 is 0. The van der Waals surface area contributed by atoms with Gasteiger partial charge in [-0.2, -0.15) is 5.26 Å². The maximum absolute atomic E-state index is 9.04. The van der Waals surface area contributed by atoms with E-state index in [1.54, 1.807) is 0 Å². The van der Waals surface area contributed by atoms with Gasteiger partial charge in [-0.15, -0.1) is 12.6 Å². The molecule has 0 bridgehead atoms. The first-order valence-electron chi connectivity index (χ1n) is 5.81. The number of nitrogens with two attached hydrogens (primary N) is 1. The number of hydrogen-bond donors (Lipinski definition) is 2. The lowest BCUT2D eigenvalue weighted by Gasteiger charge is -2.48. The quantitative estimate of drug-likeness (QED) is 0.632. The highest BCUT2D eigenvalue weighted by molar-refractivity contribution is 6.68. The number of nitrogens with zero attached hydrogens (tertiary/aromatic N) is 1. The third-order valence-corrected chi connectivity index (χ3v) is 3.98. The topological polar surface area (TPSA) is 52.4 Å². The van der Waals surface area contributed by atoms with Gasteiger partial charge in [0.25, 0.3) is 6.42 Å². The van der Waals surface area contributed by atoms with E-state index in [9.17, 15) is 0 Å². The Morgan fingerprint density at radius 1 is 1.36 bits per heavy atom. The molecule has 1 aliphatic rings. The molecule has 0 aliphatic carbocycles. The van der Waals surface area contributed by atoms with Gasteiger partial charge in [0.1, 0.15) is 5.92 Å². The standard InChI is InChI=1S/C10H22BN3/c1-5-11(6-2)13-8(3)10(7-12)9(4)14-11/h8-10,13H,5-6,14H2,1-4H3. The van der Waals surface area contributed by atoms with Crippen LogP contribution in [0.25, 0.3) is 0 Å². The fraction of sp³-hybridized carbons (Fsp3) is 0.900. The second-order valence-corrected chi connectivity index (χ2v) is 4.81. The van der Waals surface area contributed by atoms with Crippen molar-refractivity contribution in [3.8, 4) is 6.07 Å². The number of nitriles is 1. The van der Waals surface area contributed by atoms with Gasteiger partial charge in [-0.25, -0.2) is 0 Å². The van der Waals surface area contributed by atoms with Crippen molar-refractivity contribution in [3.05, 3.63) is 0 Å². The third kappa shape index (κ3) is 1.94. The molecule has 3 N–H and O–H groups in total. The Morgan fingerprint density at radius 3 is 2.29 bits per heavy atom. The molecule has 80 valence electrons. The molecular formula is C10H22BN3. The van der Waals surface area contributed by atoms with Crippen LogP contribution in [0.5, 0.6) is 0 Å². The fourth-order valence-corrected chi connectivity index (χ4v) is 2.86. The van der Waals surface area contributed by atoms with Crippen molar-refractivity contribution in [1.82, 2.24) is 5.23 Å². The minimum absolute atomic E-state index is 0.142. The Morgan fingerprint density at radius 2 is 1.93 bits per heavy atom. The predicted molar refractivity (Wildman–Crippen MR) is 59.8 cm³/mol. The van der Waals surface area contributed by atoms with Crippen LogP contribution in [0.2, 0.25) is 12.6 Å². The predicted octanol–water partition coefficient (Wildman–Crippen LogP) is 0.552. The summed E-state index contributed by atoms with van der Waals surface area (Å²) in [7, 11) is 0. The van der Waals surface area contributed by atoms with Crippen molar-refractivity contribution < 1.29 is 5.23 Å². The molecule has 0 aromatic carbocycles. The molecule has 1 aliphatic heterocycles. The SMILES string of the molecule is CC[B-]1(CC)NC(C)C(C#N)C(C)[NH2+]1. The normalized spacial score (nSPS) is 36.4. The monoisotopic (exact) mass is 195 g/mol. The second kappa shape index (κ2) is 4.33. The molecule has 1 saturated heterocycles. The Kier molecular flexibility index (Phi) is 3.57. The Balaban J connectivity index is 2.78. The maximum atomic E-state index is 9.04. The summed E-state index contributed by atoms with van der Waals surface area (Å²) in [4.78, 5) is 0. The maximum Gasteiger partial charge on any atom is 0.273 e. The summed E-state index contributed by atoms with van der Waals surface area (Å²) in [5.74, 6) is 0.142. The van der Waals surface area contributed by atoms with Crippen LogP contribution in [0.3, 0.4) is 0 Å². The molecule has 3 nitrogen and oxygen atoms in total. The molecule has 0 aromatic rings. The van der Waals surface area contributed by atoms with Gasteiger partial charge in [0.15, 0.2) is 0 Å². The first-order valence-corrected chi connectivity index (χ1v) is 5.81. The molecule has 0 radical (unpaired) electrons. The molecular weight excluding hydrogens is 173 g/mol. The van der Waals surface area contributed by atoms with E-state index < -0.39 is 6.42 Å². The second-order valence-electron chi connectivity index (χ2n) is 4.81. The molecule has 3 unspecified atom stereocenters. The lowest BCUT2D eigenvalue weighted by Crippen LogP contribution is -3.11. The van der Waals surface area contributed by atoms with Crippen LogP contribution in [0.4, 0.5) is 0 Å². The van der Waals surface area contributed by atoms with Crippen molar-refractivity contribution >= 4 is 6.42 Å². The third-order valence-electron chi connectivity index (χ3n) is 3.98. The lowest BCUT2D eigenvalue weighted by atomic mass is 9.40. The number of quaternary nitrogens is 1. The molecule has 1 heterocycles. The average Bonchev–Trinajstić information content (AvgIpc) is 2.17. The molecule has 0 aromatic heterocycles. The van der Waals surface area contributed by atoms with E-state index in [4.69, 9.17) is 5.26 Å². The minimum Gasteiger partial charge on any atom is -0.520 e. The highest BCUT2D eigenvalue weighted by atomic mass is 15.1. The summed E-state index contributed by atoms with van der Waals surface area (Å²) in [6.07, 6.45) is 1.82. The Bertz CT molecular complexity index is 218. The van der Waals surface area contributed by atoms with Crippen molar-refractivity contribution in [3.63, 3.8) is 0 Å². The average molecular weight is 195 g/mol. The number of rotatable bonds is 2. The number of nitrogens with one attached hydrogen (secondary N) is 1. The van der Waals surface area contributed by atoms with Gasteiger partial charge in [0.05, 0.1) is 12.1 Å². The highest BCUT2D eigenvalue weighted by Crippen LogP contribution is 2.15. The van der Waals surface area contributed by atoms with Crippen LogP contribution in [0, 0.1) is 17.2 Å². The highest BCUT2D eigenvalue weighted by Gasteiger charge is 2.40. The van der Waals surface area contributed by atoms with E-state index in [1.165, 1.54) is 12.6 Å². The lowest BCUT2D eigenvalue weighted by molar-refractivity contribution is -0.586. The van der Waals surface area contributed by atoms with E-state index >= 15 is 0 Å². The molecule has 0 amide bonds. The van der Waals surface area contributed by atoms with Crippen molar-refractivity contribution in [2.75, 3.05) is 0 Å². The zero-order valence-electron chi connectivity index (χ0n) is 9.75. The first-order chi connectivity index (χ1) is 6.58. The zero-order valence-corrected chi connectivity index (χ0v) is 9.75. The van der Waals surface area contributed by atoms with Crippen LogP contribution < -0.4 is 10.5 Å². The Labute approximate surface area is 87.2 Å². The van der Waals surface area contributed by atoms with Crippen LogP contribution in [0.1, 0.15) is 27.7 Å². The largest absolute Gasteiger partial charge is 0.520 e. The van der Waals surface area contributed by atoms with Crippen molar-refractivity contribution in [2.45, 2.75) is 52.4 Å². The summed E-state index contributed by atoms with van der Waals surface area (Å²) in [5, 5.41) is 15.1. The Hall–Kier alpha value is -0.525. The van der Waals surface area contributed by atoms with Crippen molar-refractivity contribution in [2.24, 2.45) is 5.92 Å². The molecule has 0 saturated carbocycles. The molecule has 3 atom stereocenters. The van der Waals surface area contributed by atoms with Crippen LogP contribution in [-0.4, -0.2) is 18.5 Å². The molecule has 1 rings (SSSR count). The summed E-state index contributed by atoms with van der Waals surface area (Å²) in [6.45, 7) is 8.78. The first kappa shape index (κ1) is 11.5. The zero-order chi connectivity index (χ0) is 10.8. The van der Waals surface area contributed by atoms with Crippen LogP contribution >= 0.6 is 0 Å². The van der Waals surface area contributed by atoms with Gasteiger partial charge >= 0.3 is 0 Å². The summed E-state index contributed by atoms with van der Waals surface area (Å²) in [5.41, 5.74) is 0. The van der Waals surface area contributed by atoms with E-state index in [0.717, 1.165) is 0 Å². The molecule has 4 heteroatoms. The van der Waals surface area contributed by atoms with E-state index in [0.29, 0.717) is 12.1 Å². The van der Waals surface area contributed by atoms with Crippen LogP contribution in [-0.2, 0) is 0 Å². The number of hydrogen-bond acceptors (Lipinski definition) is 2. The van der Waals surface area contributed by atoms with Gasteiger partial charge in [0, 0.05) is 0 Å². The minimum atomic E-state index is -0.516. The molecule has 14 heavy (non-hydrogen) atoms. The summed E-state index contributed by atoms with van der Waals surface area (Å²) >= 11 is 0. The van der Waals surface area contributed by atoms with E-state index in [-0.39, 0.29) is 5.92 Å². The molecule has 1 fully saturated rings. The van der Waals surface area contributed by atoms with E-state index in [1.807, 2.05) is 0 Å². The van der Waals surface area contributed by atoms with Gasteiger partial charge < -0.3 is 10.5 Å². The van der Waals surface area contributed by atoms with Gasteiger partial charge in [-0.3, -0.25) is 0 Å². The van der Waals surface area contributed by atoms with Gasteiger partial charge in [-0.05, 0) is 13.0 Å². The summed E-state index contributed by atoms with van der Waals surface area (Å²) in [6, 6.07) is 3.17. The smallest absolute Gasteiger partial charge is 0.273 e. The van der Waals surface area contributed by atoms with Crippen molar-refractivity contribution in [1.29, 1.82) is 5.26 Å². The van der Waals surface area contributed by atoms with Gasteiger partial charge in [-0.1, -0.05) is 20.8 Å². The molecule has 0 spiro atoms. The van der Waals surface area contributed by atoms with Gasteiger partial charge in [0.2, 0.25) is 0 Å². The fourth-order valence-electron chi connectivity index (χ4n) is 2.86. The van der Waals surface area contributed by atoms with Crippen LogP contribution in [0.15, 0.2) is 0 Å². The van der Waals surface area contributed by atoms with E-state index in [2.05, 4.69) is 44.2 Å².